The summed E-state index contributed by atoms with van der Waals surface area (Å²) in [5.41, 5.74) is 0. The standard InChI is InChI=1S/C9H18O/c1-3-4-5-9-6-8(2)7-10-9/h8-9H,3-7H2,1-2H3/t8-,9+/m1/s1. The lowest BCUT2D eigenvalue weighted by Crippen LogP contribution is -2.03. The Morgan fingerprint density at radius 1 is 1.50 bits per heavy atom. The van der Waals surface area contributed by atoms with Gasteiger partial charge in [0.1, 0.15) is 0 Å². The van der Waals surface area contributed by atoms with Gasteiger partial charge in [0.2, 0.25) is 0 Å². The second-order valence-electron chi connectivity index (χ2n) is 3.44. The molecule has 0 aliphatic carbocycles. The molecule has 1 aliphatic rings. The number of rotatable bonds is 3. The van der Waals surface area contributed by atoms with E-state index in [1.165, 1.54) is 25.7 Å². The second-order valence-corrected chi connectivity index (χ2v) is 3.44. The predicted molar refractivity (Wildman–Crippen MR) is 43.0 cm³/mol. The summed E-state index contributed by atoms with van der Waals surface area (Å²) in [5.74, 6) is 0.807. The van der Waals surface area contributed by atoms with Crippen LogP contribution in [0.5, 0.6) is 0 Å². The Morgan fingerprint density at radius 3 is 2.80 bits per heavy atom. The van der Waals surface area contributed by atoms with Gasteiger partial charge in [-0.2, -0.15) is 0 Å². The molecule has 0 saturated carbocycles. The van der Waals surface area contributed by atoms with Gasteiger partial charge in [0, 0.05) is 6.61 Å². The first-order chi connectivity index (χ1) is 4.83. The second kappa shape index (κ2) is 3.97. The van der Waals surface area contributed by atoms with Crippen LogP contribution in [-0.4, -0.2) is 12.7 Å². The van der Waals surface area contributed by atoms with E-state index in [1.807, 2.05) is 0 Å². The van der Waals surface area contributed by atoms with Crippen molar-refractivity contribution in [3.05, 3.63) is 0 Å². The fraction of sp³-hybridized carbons (Fsp3) is 1.00. The Morgan fingerprint density at radius 2 is 2.30 bits per heavy atom. The Balaban J connectivity index is 2.06. The van der Waals surface area contributed by atoms with Gasteiger partial charge >= 0.3 is 0 Å². The normalized spacial score (nSPS) is 33.0. The van der Waals surface area contributed by atoms with Gasteiger partial charge in [-0.3, -0.25) is 0 Å². The lowest BCUT2D eigenvalue weighted by atomic mass is 10.0. The monoisotopic (exact) mass is 142 g/mol. The number of hydrogen-bond donors (Lipinski definition) is 0. The Labute approximate surface area is 63.8 Å². The fourth-order valence-corrected chi connectivity index (χ4v) is 1.52. The molecule has 0 aromatic rings. The van der Waals surface area contributed by atoms with Gasteiger partial charge in [-0.25, -0.2) is 0 Å². The zero-order valence-corrected chi connectivity index (χ0v) is 7.10. The van der Waals surface area contributed by atoms with Gasteiger partial charge in [-0.05, 0) is 18.8 Å². The molecule has 10 heavy (non-hydrogen) atoms. The molecular formula is C9H18O. The van der Waals surface area contributed by atoms with Gasteiger partial charge in [0.25, 0.3) is 0 Å². The van der Waals surface area contributed by atoms with Crippen LogP contribution in [0.3, 0.4) is 0 Å². The van der Waals surface area contributed by atoms with Crippen molar-refractivity contribution >= 4 is 0 Å². The Kier molecular flexibility index (Phi) is 3.20. The third-order valence-corrected chi connectivity index (χ3v) is 2.16. The molecule has 0 N–H and O–H groups in total. The summed E-state index contributed by atoms with van der Waals surface area (Å²) in [5, 5.41) is 0. The van der Waals surface area contributed by atoms with Crippen molar-refractivity contribution in [2.24, 2.45) is 5.92 Å². The molecule has 1 fully saturated rings. The Bertz CT molecular complexity index is 90.7. The molecule has 0 bridgehead atoms. The molecule has 1 aliphatic heterocycles. The molecule has 1 heteroatoms. The first-order valence-corrected chi connectivity index (χ1v) is 4.44. The maximum atomic E-state index is 5.57. The zero-order chi connectivity index (χ0) is 7.40. The molecule has 0 aromatic carbocycles. The molecule has 0 aromatic heterocycles. The lowest BCUT2D eigenvalue weighted by molar-refractivity contribution is 0.0990. The average Bonchev–Trinajstić information content (AvgIpc) is 2.31. The first-order valence-electron chi connectivity index (χ1n) is 4.44. The molecule has 1 rings (SSSR count). The summed E-state index contributed by atoms with van der Waals surface area (Å²) in [6, 6.07) is 0. The zero-order valence-electron chi connectivity index (χ0n) is 7.10. The van der Waals surface area contributed by atoms with Crippen molar-refractivity contribution in [1.82, 2.24) is 0 Å². The quantitative estimate of drug-likeness (QED) is 0.588. The van der Waals surface area contributed by atoms with Gasteiger partial charge < -0.3 is 4.74 Å². The SMILES string of the molecule is CCCC[C@H]1C[C@@H](C)CO1. The van der Waals surface area contributed by atoms with Crippen LogP contribution in [0.1, 0.15) is 39.5 Å². The van der Waals surface area contributed by atoms with Crippen molar-refractivity contribution in [2.75, 3.05) is 6.61 Å². The molecule has 0 radical (unpaired) electrons. The molecule has 1 heterocycles. The van der Waals surface area contributed by atoms with Crippen molar-refractivity contribution in [2.45, 2.75) is 45.6 Å². The summed E-state index contributed by atoms with van der Waals surface area (Å²) in [6.07, 6.45) is 5.79. The molecular weight excluding hydrogens is 124 g/mol. The van der Waals surface area contributed by atoms with Crippen molar-refractivity contribution in [3.8, 4) is 0 Å². The smallest absolute Gasteiger partial charge is 0.0578 e. The molecule has 2 atom stereocenters. The van der Waals surface area contributed by atoms with E-state index in [9.17, 15) is 0 Å². The van der Waals surface area contributed by atoms with E-state index >= 15 is 0 Å². The molecule has 1 nitrogen and oxygen atoms in total. The fourth-order valence-electron chi connectivity index (χ4n) is 1.52. The average molecular weight is 142 g/mol. The topological polar surface area (TPSA) is 9.23 Å². The van der Waals surface area contributed by atoms with Crippen LogP contribution in [-0.2, 0) is 4.74 Å². The number of hydrogen-bond acceptors (Lipinski definition) is 1. The highest BCUT2D eigenvalue weighted by molar-refractivity contribution is 4.69. The lowest BCUT2D eigenvalue weighted by Gasteiger charge is -2.06. The highest BCUT2D eigenvalue weighted by Gasteiger charge is 2.20. The van der Waals surface area contributed by atoms with Crippen molar-refractivity contribution in [3.63, 3.8) is 0 Å². The summed E-state index contributed by atoms with van der Waals surface area (Å²) >= 11 is 0. The first kappa shape index (κ1) is 8.06. The minimum absolute atomic E-state index is 0.593. The van der Waals surface area contributed by atoms with E-state index in [2.05, 4.69) is 13.8 Å². The van der Waals surface area contributed by atoms with Gasteiger partial charge in [-0.1, -0.05) is 26.7 Å². The van der Waals surface area contributed by atoms with E-state index in [-0.39, 0.29) is 0 Å². The largest absolute Gasteiger partial charge is 0.378 e. The molecule has 0 unspecified atom stereocenters. The summed E-state index contributed by atoms with van der Waals surface area (Å²) in [4.78, 5) is 0. The third kappa shape index (κ3) is 2.30. The van der Waals surface area contributed by atoms with Gasteiger partial charge in [-0.15, -0.1) is 0 Å². The van der Waals surface area contributed by atoms with Crippen LogP contribution < -0.4 is 0 Å². The van der Waals surface area contributed by atoms with Gasteiger partial charge in [0.05, 0.1) is 6.10 Å². The Hall–Kier alpha value is -0.0400. The van der Waals surface area contributed by atoms with Crippen LogP contribution in [0.25, 0.3) is 0 Å². The van der Waals surface area contributed by atoms with Crippen LogP contribution in [0.15, 0.2) is 0 Å². The predicted octanol–water partition coefficient (Wildman–Crippen LogP) is 2.60. The molecule has 0 amide bonds. The minimum Gasteiger partial charge on any atom is -0.378 e. The maximum Gasteiger partial charge on any atom is 0.0578 e. The van der Waals surface area contributed by atoms with Gasteiger partial charge in [0.15, 0.2) is 0 Å². The number of unbranched alkanes of at least 4 members (excludes halogenated alkanes) is 1. The van der Waals surface area contributed by atoms with E-state index in [1.54, 1.807) is 0 Å². The summed E-state index contributed by atoms with van der Waals surface area (Å²) < 4.78 is 5.57. The van der Waals surface area contributed by atoms with E-state index < -0.39 is 0 Å². The van der Waals surface area contributed by atoms with E-state index in [0.29, 0.717) is 6.10 Å². The third-order valence-electron chi connectivity index (χ3n) is 2.16. The highest BCUT2D eigenvalue weighted by atomic mass is 16.5. The number of ether oxygens (including phenoxy) is 1. The minimum atomic E-state index is 0.593. The van der Waals surface area contributed by atoms with Crippen LogP contribution in [0, 0.1) is 5.92 Å². The highest BCUT2D eigenvalue weighted by Crippen LogP contribution is 2.22. The molecule has 60 valence electrons. The van der Waals surface area contributed by atoms with E-state index in [0.717, 1.165) is 12.5 Å². The van der Waals surface area contributed by atoms with Crippen LogP contribution in [0.2, 0.25) is 0 Å². The summed E-state index contributed by atoms with van der Waals surface area (Å²) in [7, 11) is 0. The molecule has 0 spiro atoms. The van der Waals surface area contributed by atoms with Crippen molar-refractivity contribution in [1.29, 1.82) is 0 Å². The van der Waals surface area contributed by atoms with Crippen LogP contribution in [0.4, 0.5) is 0 Å². The van der Waals surface area contributed by atoms with E-state index in [4.69, 9.17) is 4.74 Å². The molecule has 1 saturated heterocycles. The summed E-state index contributed by atoms with van der Waals surface area (Å²) in [6.45, 7) is 5.50. The van der Waals surface area contributed by atoms with Crippen molar-refractivity contribution < 1.29 is 4.74 Å². The van der Waals surface area contributed by atoms with Crippen LogP contribution >= 0.6 is 0 Å². The maximum absolute atomic E-state index is 5.57.